The first kappa shape index (κ1) is 21.9. The molecule has 0 saturated carbocycles. The summed E-state index contributed by atoms with van der Waals surface area (Å²) in [5.41, 5.74) is 4.24. The highest BCUT2D eigenvalue weighted by atomic mass is 32.2. The molecule has 152 valence electrons. The number of aliphatic imine (C=N–C) groups is 1. The van der Waals surface area contributed by atoms with Crippen molar-refractivity contribution in [2.24, 2.45) is 4.99 Å². The van der Waals surface area contributed by atoms with Gasteiger partial charge in [0.2, 0.25) is 10.0 Å². The molecule has 2 aromatic carbocycles. The van der Waals surface area contributed by atoms with Crippen molar-refractivity contribution in [2.45, 2.75) is 32.7 Å². The van der Waals surface area contributed by atoms with Crippen LogP contribution in [0, 0.1) is 6.92 Å². The normalized spacial score (nSPS) is 12.1. The van der Waals surface area contributed by atoms with Crippen LogP contribution >= 0.6 is 0 Å². The van der Waals surface area contributed by atoms with Crippen molar-refractivity contribution in [3.63, 3.8) is 0 Å². The summed E-state index contributed by atoms with van der Waals surface area (Å²) in [5, 5.41) is 3.32. The van der Waals surface area contributed by atoms with Crippen molar-refractivity contribution in [2.75, 3.05) is 20.6 Å². The average Bonchev–Trinajstić information content (AvgIpc) is 2.67. The molecule has 0 atom stereocenters. The number of aryl methyl sites for hydroxylation is 1. The maximum Gasteiger partial charge on any atom is 0.215 e. The smallest absolute Gasteiger partial charge is 0.215 e. The molecule has 0 aliphatic rings. The average molecular weight is 403 g/mol. The predicted octanol–water partition coefficient (Wildman–Crippen LogP) is 2.64. The van der Waals surface area contributed by atoms with Gasteiger partial charge in [-0.2, -0.15) is 0 Å². The van der Waals surface area contributed by atoms with E-state index >= 15 is 0 Å². The summed E-state index contributed by atoms with van der Waals surface area (Å²) in [7, 11) is 0.157. The topological polar surface area (TPSA) is 73.8 Å². The lowest BCUT2D eigenvalue weighted by atomic mass is 10.1. The summed E-state index contributed by atoms with van der Waals surface area (Å²) in [5.74, 6) is 0.785. The molecule has 0 aromatic heterocycles. The molecule has 0 radical (unpaired) electrons. The number of rotatable bonds is 8. The molecule has 0 bridgehead atoms. The number of nitrogens with zero attached hydrogens (tertiary/aromatic N) is 2. The molecule has 2 aromatic rings. The minimum Gasteiger partial charge on any atom is -0.357 e. The van der Waals surface area contributed by atoms with Crippen LogP contribution < -0.4 is 10.0 Å². The molecule has 0 aliphatic heterocycles. The van der Waals surface area contributed by atoms with Crippen LogP contribution in [-0.4, -0.2) is 39.9 Å². The molecular formula is C21H30N4O2S. The van der Waals surface area contributed by atoms with Gasteiger partial charge in [0.15, 0.2) is 5.96 Å². The van der Waals surface area contributed by atoms with Crippen LogP contribution in [0.4, 0.5) is 0 Å². The van der Waals surface area contributed by atoms with Crippen molar-refractivity contribution in [1.29, 1.82) is 0 Å². The van der Waals surface area contributed by atoms with Gasteiger partial charge in [0.1, 0.15) is 0 Å². The van der Waals surface area contributed by atoms with Crippen LogP contribution in [0.2, 0.25) is 0 Å². The zero-order valence-electron chi connectivity index (χ0n) is 17.1. The van der Waals surface area contributed by atoms with Crippen LogP contribution in [-0.2, 0) is 28.9 Å². The lowest BCUT2D eigenvalue weighted by molar-refractivity contribution is 0.475. The van der Waals surface area contributed by atoms with E-state index in [1.807, 2.05) is 50.4 Å². The van der Waals surface area contributed by atoms with Gasteiger partial charge in [0.05, 0.1) is 12.3 Å². The fourth-order valence-corrected chi connectivity index (χ4v) is 3.63. The SMILES string of the molecule is CCNC(=NCc1cccc(CS(=O)(=O)NC)c1)N(C)Cc1ccccc1C. The van der Waals surface area contributed by atoms with Crippen LogP contribution in [0.5, 0.6) is 0 Å². The Hall–Kier alpha value is -2.38. The largest absolute Gasteiger partial charge is 0.357 e. The molecular weight excluding hydrogens is 372 g/mol. The standard InChI is InChI=1S/C21H30N4O2S/c1-5-23-21(25(4)15-20-12-7-6-9-17(20)2)24-14-18-10-8-11-19(13-18)16-28(26,27)22-3/h6-13,22H,5,14-16H2,1-4H3,(H,23,24). The third-order valence-corrected chi connectivity index (χ3v) is 5.77. The number of nitrogens with one attached hydrogen (secondary N) is 2. The Bertz CT molecular complexity index is 910. The summed E-state index contributed by atoms with van der Waals surface area (Å²) >= 11 is 0. The molecule has 2 N–H and O–H groups in total. The van der Waals surface area contributed by atoms with E-state index < -0.39 is 10.0 Å². The third kappa shape index (κ3) is 6.65. The number of benzene rings is 2. The van der Waals surface area contributed by atoms with Gasteiger partial charge in [-0.3, -0.25) is 0 Å². The quantitative estimate of drug-likeness (QED) is 0.526. The first-order valence-corrected chi connectivity index (χ1v) is 11.0. The summed E-state index contributed by atoms with van der Waals surface area (Å²) in [6.45, 7) is 6.17. The molecule has 2 rings (SSSR count). The van der Waals surface area contributed by atoms with Crippen LogP contribution in [0.1, 0.15) is 29.2 Å². The number of guanidine groups is 1. The zero-order chi connectivity index (χ0) is 20.6. The first-order chi connectivity index (χ1) is 13.3. The molecule has 0 amide bonds. The molecule has 0 fully saturated rings. The van der Waals surface area contributed by atoms with Crippen molar-refractivity contribution in [3.8, 4) is 0 Å². The highest BCUT2D eigenvalue weighted by Gasteiger charge is 2.10. The fourth-order valence-electron chi connectivity index (χ4n) is 2.86. The van der Waals surface area contributed by atoms with E-state index in [-0.39, 0.29) is 5.75 Å². The zero-order valence-corrected chi connectivity index (χ0v) is 17.9. The summed E-state index contributed by atoms with van der Waals surface area (Å²) in [4.78, 5) is 6.83. The Morgan fingerprint density at radius 3 is 2.50 bits per heavy atom. The Balaban J connectivity index is 2.13. The van der Waals surface area contributed by atoms with E-state index in [9.17, 15) is 8.42 Å². The Morgan fingerprint density at radius 1 is 1.11 bits per heavy atom. The molecule has 0 aliphatic carbocycles. The van der Waals surface area contributed by atoms with Crippen LogP contribution in [0.15, 0.2) is 53.5 Å². The van der Waals surface area contributed by atoms with Crippen molar-refractivity contribution >= 4 is 16.0 Å². The monoisotopic (exact) mass is 402 g/mol. The minimum atomic E-state index is -3.29. The van der Waals surface area contributed by atoms with Crippen LogP contribution in [0.25, 0.3) is 0 Å². The second-order valence-corrected chi connectivity index (χ2v) is 8.66. The van der Waals surface area contributed by atoms with Crippen molar-refractivity contribution in [3.05, 3.63) is 70.8 Å². The molecule has 0 saturated heterocycles. The lowest BCUT2D eigenvalue weighted by Gasteiger charge is -2.23. The van der Waals surface area contributed by atoms with Crippen molar-refractivity contribution in [1.82, 2.24) is 14.9 Å². The van der Waals surface area contributed by atoms with Gasteiger partial charge in [0, 0.05) is 20.1 Å². The van der Waals surface area contributed by atoms with E-state index in [4.69, 9.17) is 4.99 Å². The van der Waals surface area contributed by atoms with E-state index in [2.05, 4.69) is 34.0 Å². The maximum absolute atomic E-state index is 11.8. The Labute approximate surface area is 168 Å². The Morgan fingerprint density at radius 2 is 1.82 bits per heavy atom. The van der Waals surface area contributed by atoms with E-state index in [0.29, 0.717) is 6.54 Å². The highest BCUT2D eigenvalue weighted by molar-refractivity contribution is 7.88. The van der Waals surface area contributed by atoms with Gasteiger partial charge >= 0.3 is 0 Å². The summed E-state index contributed by atoms with van der Waals surface area (Å²) in [6.07, 6.45) is 0. The van der Waals surface area contributed by atoms with Gasteiger partial charge in [0.25, 0.3) is 0 Å². The summed E-state index contributed by atoms with van der Waals surface area (Å²) in [6, 6.07) is 15.9. The molecule has 0 spiro atoms. The first-order valence-electron chi connectivity index (χ1n) is 9.37. The third-order valence-electron chi connectivity index (χ3n) is 4.44. The number of sulfonamides is 1. The van der Waals surface area contributed by atoms with Gasteiger partial charge in [-0.05, 0) is 43.1 Å². The van der Waals surface area contributed by atoms with Gasteiger partial charge in [-0.15, -0.1) is 0 Å². The van der Waals surface area contributed by atoms with E-state index in [1.165, 1.54) is 18.2 Å². The van der Waals surface area contributed by atoms with Gasteiger partial charge in [-0.1, -0.05) is 48.5 Å². The minimum absolute atomic E-state index is 0.0334. The lowest BCUT2D eigenvalue weighted by Crippen LogP contribution is -2.38. The van der Waals surface area contributed by atoms with Crippen LogP contribution in [0.3, 0.4) is 0 Å². The summed E-state index contributed by atoms with van der Waals surface area (Å²) < 4.78 is 25.9. The van der Waals surface area contributed by atoms with Gasteiger partial charge in [-0.25, -0.2) is 18.1 Å². The molecule has 7 heteroatoms. The molecule has 28 heavy (non-hydrogen) atoms. The number of hydrogen-bond acceptors (Lipinski definition) is 3. The Kier molecular flexibility index (Phi) is 8.02. The van der Waals surface area contributed by atoms with Crippen molar-refractivity contribution < 1.29 is 8.42 Å². The van der Waals surface area contributed by atoms with E-state index in [0.717, 1.165) is 30.2 Å². The highest BCUT2D eigenvalue weighted by Crippen LogP contribution is 2.12. The second kappa shape index (κ2) is 10.2. The van der Waals surface area contributed by atoms with Gasteiger partial charge < -0.3 is 10.2 Å². The second-order valence-electron chi connectivity index (χ2n) is 6.74. The number of hydrogen-bond donors (Lipinski definition) is 2. The van der Waals surface area contributed by atoms with E-state index in [1.54, 1.807) is 0 Å². The maximum atomic E-state index is 11.8. The molecule has 0 unspecified atom stereocenters. The molecule has 6 nitrogen and oxygen atoms in total. The molecule has 0 heterocycles. The predicted molar refractivity (Wildman–Crippen MR) is 116 cm³/mol. The fraction of sp³-hybridized carbons (Fsp3) is 0.381.